The third kappa shape index (κ3) is 7.72. The Kier molecular flexibility index (Phi) is 9.73. The van der Waals surface area contributed by atoms with E-state index in [2.05, 4.69) is 29.8 Å². The molecule has 0 aromatic heterocycles. The van der Waals surface area contributed by atoms with E-state index in [0.29, 0.717) is 22.5 Å². The topological polar surface area (TPSA) is 90.5 Å². The summed E-state index contributed by atoms with van der Waals surface area (Å²) in [7, 11) is 0. The molecule has 2 aromatic rings. The summed E-state index contributed by atoms with van der Waals surface area (Å²) < 4.78 is 0. The first-order chi connectivity index (χ1) is 15.3. The van der Waals surface area contributed by atoms with E-state index in [-0.39, 0.29) is 30.3 Å². The van der Waals surface area contributed by atoms with Crippen LogP contribution in [0.25, 0.3) is 0 Å². The second kappa shape index (κ2) is 12.5. The summed E-state index contributed by atoms with van der Waals surface area (Å²) >= 11 is 0. The van der Waals surface area contributed by atoms with Gasteiger partial charge in [-0.15, -0.1) is 0 Å². The quantitative estimate of drug-likeness (QED) is 0.492. The molecule has 0 saturated carbocycles. The summed E-state index contributed by atoms with van der Waals surface area (Å²) in [6, 6.07) is 14.0. The Morgan fingerprint density at radius 1 is 0.875 bits per heavy atom. The molecule has 2 rings (SSSR count). The molecule has 0 bridgehead atoms. The van der Waals surface area contributed by atoms with Gasteiger partial charge in [0.25, 0.3) is 11.8 Å². The highest BCUT2D eigenvalue weighted by Gasteiger charge is 2.15. The smallest absolute Gasteiger partial charge is 0.253 e. The summed E-state index contributed by atoms with van der Waals surface area (Å²) in [5.41, 5.74) is 2.33. The Bertz CT molecular complexity index is 921. The van der Waals surface area contributed by atoms with Crippen LogP contribution < -0.4 is 16.0 Å². The highest BCUT2D eigenvalue weighted by Crippen LogP contribution is 2.14. The molecular weight excluding hydrogens is 404 g/mol. The number of carbonyl (C=O) groups excluding carboxylic acids is 3. The Morgan fingerprint density at radius 2 is 1.47 bits per heavy atom. The fourth-order valence-electron chi connectivity index (χ4n) is 3.27. The summed E-state index contributed by atoms with van der Waals surface area (Å²) in [6.07, 6.45) is 1.81. The van der Waals surface area contributed by atoms with Crippen LogP contribution in [0.2, 0.25) is 0 Å². The third-order valence-corrected chi connectivity index (χ3v) is 4.67. The van der Waals surface area contributed by atoms with Crippen molar-refractivity contribution in [1.29, 1.82) is 0 Å². The molecular formula is C25H34N4O3. The molecule has 0 aliphatic heterocycles. The Balaban J connectivity index is 1.97. The summed E-state index contributed by atoms with van der Waals surface area (Å²) in [5, 5.41) is 8.69. The standard InChI is InChI=1S/C25H34N4O3/c1-5-13-29(14-6-2)25(32)20-10-8-11-21(16-20)26-17-23(30)28-22-12-7-9-19(15-22)24(31)27-18(3)4/h7-12,15-16,18,26H,5-6,13-14,17H2,1-4H3,(H,27,31)(H,28,30). The summed E-state index contributed by atoms with van der Waals surface area (Å²) in [4.78, 5) is 39.2. The van der Waals surface area contributed by atoms with E-state index >= 15 is 0 Å². The molecule has 7 heteroatoms. The van der Waals surface area contributed by atoms with E-state index in [9.17, 15) is 14.4 Å². The van der Waals surface area contributed by atoms with Crippen LogP contribution >= 0.6 is 0 Å². The zero-order chi connectivity index (χ0) is 23.5. The van der Waals surface area contributed by atoms with Gasteiger partial charge in [-0.05, 0) is 63.1 Å². The summed E-state index contributed by atoms with van der Waals surface area (Å²) in [6.45, 7) is 9.37. The van der Waals surface area contributed by atoms with E-state index in [4.69, 9.17) is 0 Å². The van der Waals surface area contributed by atoms with E-state index in [1.807, 2.05) is 24.8 Å². The van der Waals surface area contributed by atoms with Gasteiger partial charge in [-0.1, -0.05) is 26.0 Å². The average molecular weight is 439 g/mol. The highest BCUT2D eigenvalue weighted by molar-refractivity contribution is 5.98. The molecule has 0 atom stereocenters. The number of nitrogens with zero attached hydrogens (tertiary/aromatic N) is 1. The number of carbonyl (C=O) groups is 3. The molecule has 2 aromatic carbocycles. The van der Waals surface area contributed by atoms with Crippen LogP contribution in [0.3, 0.4) is 0 Å². The molecule has 3 N–H and O–H groups in total. The van der Waals surface area contributed by atoms with Gasteiger partial charge in [-0.25, -0.2) is 0 Å². The molecule has 0 aliphatic carbocycles. The SMILES string of the molecule is CCCN(CCC)C(=O)c1cccc(NCC(=O)Nc2cccc(C(=O)NC(C)C)c2)c1. The average Bonchev–Trinajstić information content (AvgIpc) is 2.77. The Hall–Kier alpha value is -3.35. The van der Waals surface area contributed by atoms with Gasteiger partial charge < -0.3 is 20.9 Å². The van der Waals surface area contributed by atoms with Crippen molar-refractivity contribution in [3.63, 3.8) is 0 Å². The van der Waals surface area contributed by atoms with Gasteiger partial charge >= 0.3 is 0 Å². The van der Waals surface area contributed by atoms with Crippen molar-refractivity contribution in [2.75, 3.05) is 30.3 Å². The molecule has 0 heterocycles. The molecule has 0 saturated heterocycles. The largest absolute Gasteiger partial charge is 0.376 e. The molecule has 0 radical (unpaired) electrons. The van der Waals surface area contributed by atoms with Crippen molar-refractivity contribution >= 4 is 29.1 Å². The number of nitrogens with one attached hydrogen (secondary N) is 3. The lowest BCUT2D eigenvalue weighted by molar-refractivity contribution is -0.114. The van der Waals surface area contributed by atoms with Crippen molar-refractivity contribution in [2.45, 2.75) is 46.6 Å². The maximum atomic E-state index is 12.8. The molecule has 7 nitrogen and oxygen atoms in total. The Labute approximate surface area is 190 Å². The number of rotatable bonds is 11. The molecule has 172 valence electrons. The van der Waals surface area contributed by atoms with Crippen LogP contribution in [0.15, 0.2) is 48.5 Å². The van der Waals surface area contributed by atoms with Crippen molar-refractivity contribution in [2.24, 2.45) is 0 Å². The van der Waals surface area contributed by atoms with E-state index in [1.165, 1.54) is 0 Å². The van der Waals surface area contributed by atoms with Gasteiger partial charge in [0, 0.05) is 41.6 Å². The van der Waals surface area contributed by atoms with Crippen LogP contribution in [-0.4, -0.2) is 48.3 Å². The second-order valence-corrected chi connectivity index (χ2v) is 7.98. The summed E-state index contributed by atoms with van der Waals surface area (Å²) in [5.74, 6) is -0.434. The first-order valence-corrected chi connectivity index (χ1v) is 11.2. The van der Waals surface area contributed by atoms with Gasteiger partial charge in [-0.3, -0.25) is 14.4 Å². The van der Waals surface area contributed by atoms with E-state index in [0.717, 1.165) is 25.9 Å². The zero-order valence-corrected chi connectivity index (χ0v) is 19.4. The molecule has 0 aliphatic rings. The van der Waals surface area contributed by atoms with Gasteiger partial charge in [0.15, 0.2) is 0 Å². The lowest BCUT2D eigenvalue weighted by atomic mass is 10.1. The van der Waals surface area contributed by atoms with Crippen LogP contribution in [0.1, 0.15) is 61.3 Å². The number of hydrogen-bond acceptors (Lipinski definition) is 4. The van der Waals surface area contributed by atoms with Crippen LogP contribution in [0, 0.1) is 0 Å². The number of anilines is 2. The minimum Gasteiger partial charge on any atom is -0.376 e. The van der Waals surface area contributed by atoms with Crippen molar-refractivity contribution in [3.05, 3.63) is 59.7 Å². The predicted octanol–water partition coefficient (Wildman–Crippen LogP) is 4.14. The first-order valence-electron chi connectivity index (χ1n) is 11.2. The minimum atomic E-state index is -0.248. The highest BCUT2D eigenvalue weighted by atomic mass is 16.2. The van der Waals surface area contributed by atoms with Gasteiger partial charge in [0.05, 0.1) is 6.54 Å². The van der Waals surface area contributed by atoms with Crippen molar-refractivity contribution in [3.8, 4) is 0 Å². The van der Waals surface area contributed by atoms with Gasteiger partial charge in [0.2, 0.25) is 5.91 Å². The van der Waals surface area contributed by atoms with Gasteiger partial charge in [0.1, 0.15) is 0 Å². The van der Waals surface area contributed by atoms with E-state index < -0.39 is 0 Å². The molecule has 0 spiro atoms. The third-order valence-electron chi connectivity index (χ3n) is 4.67. The lowest BCUT2D eigenvalue weighted by Gasteiger charge is -2.21. The second-order valence-electron chi connectivity index (χ2n) is 7.98. The first kappa shape index (κ1) is 24.9. The number of amides is 3. The van der Waals surface area contributed by atoms with Crippen molar-refractivity contribution in [1.82, 2.24) is 10.2 Å². The van der Waals surface area contributed by atoms with Crippen LogP contribution in [0.5, 0.6) is 0 Å². The maximum Gasteiger partial charge on any atom is 0.253 e. The van der Waals surface area contributed by atoms with Crippen molar-refractivity contribution < 1.29 is 14.4 Å². The molecule has 0 unspecified atom stereocenters. The zero-order valence-electron chi connectivity index (χ0n) is 19.4. The molecule has 3 amide bonds. The van der Waals surface area contributed by atoms with E-state index in [1.54, 1.807) is 42.5 Å². The fraction of sp³-hybridized carbons (Fsp3) is 0.400. The predicted molar refractivity (Wildman–Crippen MR) is 129 cm³/mol. The van der Waals surface area contributed by atoms with Crippen LogP contribution in [-0.2, 0) is 4.79 Å². The molecule has 0 fully saturated rings. The number of benzene rings is 2. The minimum absolute atomic E-state index is 0.00158. The fourth-order valence-corrected chi connectivity index (χ4v) is 3.27. The monoisotopic (exact) mass is 438 g/mol. The lowest BCUT2D eigenvalue weighted by Crippen LogP contribution is -2.32. The van der Waals surface area contributed by atoms with Crippen LogP contribution in [0.4, 0.5) is 11.4 Å². The Morgan fingerprint density at radius 3 is 2.09 bits per heavy atom. The normalized spacial score (nSPS) is 10.5. The van der Waals surface area contributed by atoms with Gasteiger partial charge in [-0.2, -0.15) is 0 Å². The molecule has 32 heavy (non-hydrogen) atoms. The maximum absolute atomic E-state index is 12.8. The number of hydrogen-bond donors (Lipinski definition) is 3.